The van der Waals surface area contributed by atoms with Crippen LogP contribution in [0.1, 0.15) is 60.9 Å². The van der Waals surface area contributed by atoms with Crippen LogP contribution in [0.2, 0.25) is 0 Å². The molecule has 1 heterocycles. The molecule has 1 aliphatic heterocycles. The van der Waals surface area contributed by atoms with Crippen LogP contribution in [0, 0.1) is 6.92 Å². The molecule has 1 aromatic rings. The first-order valence-electron chi connectivity index (χ1n) is 9.02. The largest absolute Gasteiger partial charge is 0.339 e. The summed E-state index contributed by atoms with van der Waals surface area (Å²) >= 11 is 0. The molecule has 0 radical (unpaired) electrons. The molecule has 0 atom stereocenters. The highest BCUT2D eigenvalue weighted by Gasteiger charge is 2.23. The van der Waals surface area contributed by atoms with Crippen LogP contribution in [0.5, 0.6) is 0 Å². The number of anilines is 1. The van der Waals surface area contributed by atoms with E-state index in [1.165, 1.54) is 0 Å². The molecule has 1 aromatic carbocycles. The first kappa shape index (κ1) is 18.5. The topological polar surface area (TPSA) is 75.4 Å². The monoisotopic (exact) mass is 331 g/mol. The van der Waals surface area contributed by atoms with E-state index < -0.39 is 0 Å². The third-order valence-electron chi connectivity index (χ3n) is 4.51. The van der Waals surface area contributed by atoms with Crippen LogP contribution in [0.25, 0.3) is 0 Å². The summed E-state index contributed by atoms with van der Waals surface area (Å²) in [5.41, 5.74) is 7.65. The number of amides is 2. The molecular weight excluding hydrogens is 302 g/mol. The van der Waals surface area contributed by atoms with Crippen molar-refractivity contribution in [1.29, 1.82) is 0 Å². The summed E-state index contributed by atoms with van der Waals surface area (Å²) in [5.74, 6) is 0.00710. The Morgan fingerprint density at radius 1 is 1.12 bits per heavy atom. The van der Waals surface area contributed by atoms with E-state index in [0.717, 1.165) is 57.2 Å². The van der Waals surface area contributed by atoms with Crippen molar-refractivity contribution in [2.75, 3.05) is 25.0 Å². The van der Waals surface area contributed by atoms with Crippen LogP contribution in [0.4, 0.5) is 5.69 Å². The molecule has 5 heteroatoms. The van der Waals surface area contributed by atoms with E-state index in [0.29, 0.717) is 24.2 Å². The zero-order valence-electron chi connectivity index (χ0n) is 14.6. The van der Waals surface area contributed by atoms with E-state index in [-0.39, 0.29) is 11.8 Å². The molecule has 5 nitrogen and oxygen atoms in total. The van der Waals surface area contributed by atoms with Crippen LogP contribution in [0.3, 0.4) is 0 Å². The van der Waals surface area contributed by atoms with Crippen molar-refractivity contribution < 1.29 is 9.59 Å². The van der Waals surface area contributed by atoms with E-state index in [1.54, 1.807) is 0 Å². The molecule has 0 unspecified atom stereocenters. The Hall–Kier alpha value is -1.88. The minimum Gasteiger partial charge on any atom is -0.339 e. The van der Waals surface area contributed by atoms with Gasteiger partial charge in [0.15, 0.2) is 0 Å². The zero-order chi connectivity index (χ0) is 17.4. The molecule has 0 bridgehead atoms. The second-order valence-corrected chi connectivity index (χ2v) is 6.50. The smallest absolute Gasteiger partial charge is 0.256 e. The molecule has 1 aliphatic rings. The number of likely N-dealkylation sites (tertiary alicyclic amines) is 1. The average Bonchev–Trinajstić information content (AvgIpc) is 3.09. The van der Waals surface area contributed by atoms with Crippen LogP contribution in [0.15, 0.2) is 18.2 Å². The van der Waals surface area contributed by atoms with Crippen LogP contribution < -0.4 is 11.1 Å². The summed E-state index contributed by atoms with van der Waals surface area (Å²) in [6, 6.07) is 5.63. The molecule has 0 aromatic heterocycles. The Bertz CT molecular complexity index is 566. The molecule has 1 fully saturated rings. The molecule has 2 rings (SSSR count). The normalized spacial score (nSPS) is 14.0. The number of unbranched alkanes of at least 4 members (excludes halogenated alkanes) is 3. The Morgan fingerprint density at radius 3 is 2.54 bits per heavy atom. The minimum absolute atomic E-state index is 0.0242. The summed E-state index contributed by atoms with van der Waals surface area (Å²) < 4.78 is 0. The van der Waals surface area contributed by atoms with Gasteiger partial charge in [0.25, 0.3) is 5.91 Å². The summed E-state index contributed by atoms with van der Waals surface area (Å²) in [6.45, 7) is 4.24. The standard InChI is InChI=1S/C19H29N3O2/c1-15-9-8-10-16(18(15)19(24)22-13-6-7-14-22)21-17(23)11-4-2-3-5-12-20/h8-10H,2-7,11-14,20H2,1H3,(H,21,23). The van der Waals surface area contributed by atoms with Gasteiger partial charge in [0.05, 0.1) is 11.3 Å². The first-order chi connectivity index (χ1) is 11.6. The molecule has 132 valence electrons. The molecule has 1 saturated heterocycles. The molecule has 0 aliphatic carbocycles. The maximum absolute atomic E-state index is 12.8. The lowest BCUT2D eigenvalue weighted by Gasteiger charge is -2.19. The lowest BCUT2D eigenvalue weighted by atomic mass is 10.0. The van der Waals surface area contributed by atoms with E-state index >= 15 is 0 Å². The number of nitrogens with zero attached hydrogens (tertiary/aromatic N) is 1. The summed E-state index contributed by atoms with van der Waals surface area (Å²) in [5, 5.41) is 2.94. The third-order valence-corrected chi connectivity index (χ3v) is 4.51. The van der Waals surface area contributed by atoms with E-state index in [4.69, 9.17) is 5.73 Å². The lowest BCUT2D eigenvalue weighted by molar-refractivity contribution is -0.116. The van der Waals surface area contributed by atoms with Gasteiger partial charge in [-0.3, -0.25) is 9.59 Å². The zero-order valence-corrected chi connectivity index (χ0v) is 14.6. The minimum atomic E-state index is -0.0242. The fourth-order valence-electron chi connectivity index (χ4n) is 3.13. The van der Waals surface area contributed by atoms with Crippen LogP contribution >= 0.6 is 0 Å². The Balaban J connectivity index is 1.98. The predicted molar refractivity (Wildman–Crippen MR) is 97.1 cm³/mol. The Labute approximate surface area is 144 Å². The number of nitrogens with one attached hydrogen (secondary N) is 1. The van der Waals surface area contributed by atoms with Crippen molar-refractivity contribution in [3.8, 4) is 0 Å². The number of hydrogen-bond acceptors (Lipinski definition) is 3. The first-order valence-corrected chi connectivity index (χ1v) is 9.02. The molecule has 3 N–H and O–H groups in total. The number of nitrogens with two attached hydrogens (primary N) is 1. The third kappa shape index (κ3) is 5.06. The van der Waals surface area contributed by atoms with Crippen LogP contribution in [-0.4, -0.2) is 36.3 Å². The number of carbonyl (C=O) groups is 2. The van der Waals surface area contributed by atoms with Gasteiger partial charge in [-0.1, -0.05) is 25.0 Å². The van der Waals surface area contributed by atoms with Crippen molar-refractivity contribution >= 4 is 17.5 Å². The highest BCUT2D eigenvalue weighted by atomic mass is 16.2. The number of rotatable bonds is 8. The van der Waals surface area contributed by atoms with E-state index in [1.807, 2.05) is 30.0 Å². The fourth-order valence-corrected chi connectivity index (χ4v) is 3.13. The molecule has 2 amide bonds. The highest BCUT2D eigenvalue weighted by Crippen LogP contribution is 2.24. The molecule has 0 saturated carbocycles. The number of aryl methyl sites for hydroxylation is 1. The number of carbonyl (C=O) groups excluding carboxylic acids is 2. The second kappa shape index (κ2) is 9.42. The summed E-state index contributed by atoms with van der Waals surface area (Å²) in [7, 11) is 0. The predicted octanol–water partition coefficient (Wildman–Crippen LogP) is 3.08. The molecular formula is C19H29N3O2. The highest BCUT2D eigenvalue weighted by molar-refractivity contribution is 6.04. The quantitative estimate of drug-likeness (QED) is 0.719. The fraction of sp³-hybridized carbons (Fsp3) is 0.579. The van der Waals surface area contributed by atoms with Gasteiger partial charge in [-0.05, 0) is 50.8 Å². The van der Waals surface area contributed by atoms with Gasteiger partial charge in [0.2, 0.25) is 5.91 Å². The lowest BCUT2D eigenvalue weighted by Crippen LogP contribution is -2.29. The van der Waals surface area contributed by atoms with Gasteiger partial charge < -0.3 is 16.0 Å². The second-order valence-electron chi connectivity index (χ2n) is 6.50. The van der Waals surface area contributed by atoms with Crippen molar-refractivity contribution in [2.24, 2.45) is 5.73 Å². The van der Waals surface area contributed by atoms with Crippen LogP contribution in [-0.2, 0) is 4.79 Å². The maximum Gasteiger partial charge on any atom is 0.256 e. The molecule has 0 spiro atoms. The number of benzene rings is 1. The SMILES string of the molecule is Cc1cccc(NC(=O)CCCCCCN)c1C(=O)N1CCCC1. The van der Waals surface area contributed by atoms with E-state index in [2.05, 4.69) is 5.32 Å². The van der Waals surface area contributed by atoms with E-state index in [9.17, 15) is 9.59 Å². The van der Waals surface area contributed by atoms with Gasteiger partial charge >= 0.3 is 0 Å². The Kier molecular flexibility index (Phi) is 7.25. The van der Waals surface area contributed by atoms with Crippen molar-refractivity contribution in [2.45, 2.75) is 51.9 Å². The van der Waals surface area contributed by atoms with Crippen molar-refractivity contribution in [3.05, 3.63) is 29.3 Å². The Morgan fingerprint density at radius 2 is 1.83 bits per heavy atom. The van der Waals surface area contributed by atoms with Gasteiger partial charge in [-0.25, -0.2) is 0 Å². The summed E-state index contributed by atoms with van der Waals surface area (Å²) in [4.78, 5) is 26.8. The maximum atomic E-state index is 12.8. The van der Waals surface area contributed by atoms with Gasteiger partial charge in [-0.15, -0.1) is 0 Å². The number of hydrogen-bond donors (Lipinski definition) is 2. The van der Waals surface area contributed by atoms with Gasteiger partial charge in [-0.2, -0.15) is 0 Å². The summed E-state index contributed by atoms with van der Waals surface area (Å²) in [6.07, 6.45) is 6.53. The van der Waals surface area contributed by atoms with Gasteiger partial charge in [0.1, 0.15) is 0 Å². The van der Waals surface area contributed by atoms with Crippen molar-refractivity contribution in [3.63, 3.8) is 0 Å². The molecule has 24 heavy (non-hydrogen) atoms. The average molecular weight is 331 g/mol. The van der Waals surface area contributed by atoms with Crippen molar-refractivity contribution in [1.82, 2.24) is 4.90 Å². The van der Waals surface area contributed by atoms with Gasteiger partial charge in [0, 0.05) is 19.5 Å².